The first-order valence-electron chi connectivity index (χ1n) is 4.88. The highest BCUT2D eigenvalue weighted by Crippen LogP contribution is 2.23. The van der Waals surface area contributed by atoms with Crippen LogP contribution >= 0.6 is 15.9 Å². The zero-order valence-corrected chi connectivity index (χ0v) is 10.6. The molecule has 17 heavy (non-hydrogen) atoms. The van der Waals surface area contributed by atoms with E-state index in [1.165, 1.54) is 0 Å². The molecule has 0 radical (unpaired) electrons. The van der Waals surface area contributed by atoms with Crippen LogP contribution in [0.3, 0.4) is 0 Å². The highest BCUT2D eigenvalue weighted by atomic mass is 79.9. The zero-order chi connectivity index (χ0) is 12.8. The average molecular weight is 301 g/mol. The van der Waals surface area contributed by atoms with E-state index in [1.54, 1.807) is 18.2 Å². The molecular weight excluding hydrogens is 288 g/mol. The Hall–Kier alpha value is -1.76. The van der Waals surface area contributed by atoms with Crippen molar-refractivity contribution in [1.82, 2.24) is 10.6 Å². The molecule has 6 nitrogen and oxygen atoms in total. The number of nitrogens with one attached hydrogen (secondary N) is 2. The number of carbonyl (C=O) groups is 2. The molecule has 0 atom stereocenters. The first-order valence-corrected chi connectivity index (χ1v) is 5.67. The number of urea groups is 1. The van der Waals surface area contributed by atoms with Gasteiger partial charge in [-0.15, -0.1) is 0 Å². The van der Waals surface area contributed by atoms with E-state index in [2.05, 4.69) is 26.6 Å². The van der Waals surface area contributed by atoms with Crippen LogP contribution in [0.2, 0.25) is 0 Å². The lowest BCUT2D eigenvalue weighted by molar-refractivity contribution is 0.0953. The van der Waals surface area contributed by atoms with Gasteiger partial charge in [-0.25, -0.2) is 4.79 Å². The number of carbonyl (C=O) groups excluding carboxylic acids is 2. The predicted molar refractivity (Wildman–Crippen MR) is 68.5 cm³/mol. The quantitative estimate of drug-likeness (QED) is 0.478. The maximum Gasteiger partial charge on any atom is 0.312 e. The molecule has 7 heteroatoms. The summed E-state index contributed by atoms with van der Waals surface area (Å²) >= 11 is 3.24. The van der Waals surface area contributed by atoms with Gasteiger partial charge in [0.15, 0.2) is 0 Å². The molecule has 0 spiro atoms. The zero-order valence-electron chi connectivity index (χ0n) is 9.00. The summed E-state index contributed by atoms with van der Waals surface area (Å²) in [5, 5.41) is 4.99. The molecule has 0 bridgehead atoms. The molecule has 6 N–H and O–H groups in total. The Morgan fingerprint density at radius 3 is 2.53 bits per heavy atom. The minimum atomic E-state index is -0.621. The third-order valence-corrected chi connectivity index (χ3v) is 2.87. The van der Waals surface area contributed by atoms with E-state index >= 15 is 0 Å². The second-order valence-corrected chi connectivity index (χ2v) is 4.05. The van der Waals surface area contributed by atoms with Crippen LogP contribution in [0.25, 0.3) is 0 Å². The SMILES string of the molecule is NC(=O)NCCNC(=O)c1cccc(N)c1Br. The van der Waals surface area contributed by atoms with Gasteiger partial charge in [-0.2, -0.15) is 0 Å². The summed E-state index contributed by atoms with van der Waals surface area (Å²) in [5.74, 6) is -0.268. The van der Waals surface area contributed by atoms with E-state index < -0.39 is 6.03 Å². The van der Waals surface area contributed by atoms with Gasteiger partial charge >= 0.3 is 6.03 Å². The van der Waals surface area contributed by atoms with Gasteiger partial charge in [0.1, 0.15) is 0 Å². The Kier molecular flexibility index (Phi) is 4.77. The first-order chi connectivity index (χ1) is 8.02. The Morgan fingerprint density at radius 1 is 1.24 bits per heavy atom. The van der Waals surface area contributed by atoms with Crippen molar-refractivity contribution in [3.05, 3.63) is 28.2 Å². The van der Waals surface area contributed by atoms with Crippen molar-refractivity contribution in [2.75, 3.05) is 18.8 Å². The molecule has 0 aliphatic heterocycles. The number of nitrogens with two attached hydrogens (primary N) is 2. The molecule has 3 amide bonds. The molecule has 92 valence electrons. The Bertz CT molecular complexity index is 436. The minimum absolute atomic E-state index is 0.268. The fourth-order valence-electron chi connectivity index (χ4n) is 1.18. The van der Waals surface area contributed by atoms with Crippen molar-refractivity contribution < 1.29 is 9.59 Å². The Labute approximate surface area is 107 Å². The Morgan fingerprint density at radius 2 is 1.88 bits per heavy atom. The molecule has 0 saturated carbocycles. The number of benzene rings is 1. The van der Waals surface area contributed by atoms with Crippen molar-refractivity contribution in [2.24, 2.45) is 5.73 Å². The van der Waals surface area contributed by atoms with Crippen LogP contribution in [0.4, 0.5) is 10.5 Å². The molecule has 0 aliphatic carbocycles. The van der Waals surface area contributed by atoms with E-state index in [0.29, 0.717) is 22.3 Å². The molecule has 0 aliphatic rings. The number of rotatable bonds is 4. The van der Waals surface area contributed by atoms with Gasteiger partial charge in [0.25, 0.3) is 5.91 Å². The number of hydrogen-bond donors (Lipinski definition) is 4. The molecule has 1 aromatic rings. The number of nitrogen functional groups attached to an aromatic ring is 1. The van der Waals surface area contributed by atoms with Crippen molar-refractivity contribution >= 4 is 33.6 Å². The minimum Gasteiger partial charge on any atom is -0.398 e. The van der Waals surface area contributed by atoms with Crippen LogP contribution < -0.4 is 22.1 Å². The van der Waals surface area contributed by atoms with Crippen LogP contribution in [0.1, 0.15) is 10.4 Å². The van der Waals surface area contributed by atoms with Gasteiger partial charge in [-0.1, -0.05) is 6.07 Å². The van der Waals surface area contributed by atoms with Crippen LogP contribution in [-0.4, -0.2) is 25.0 Å². The third-order valence-electron chi connectivity index (χ3n) is 1.98. The topological polar surface area (TPSA) is 110 Å². The molecule has 0 unspecified atom stereocenters. The van der Waals surface area contributed by atoms with Crippen LogP contribution in [-0.2, 0) is 0 Å². The second kappa shape index (κ2) is 6.09. The van der Waals surface area contributed by atoms with Gasteiger partial charge in [-0.3, -0.25) is 4.79 Å². The van der Waals surface area contributed by atoms with Gasteiger partial charge in [0.2, 0.25) is 0 Å². The molecule has 1 aromatic carbocycles. The molecule has 1 rings (SSSR count). The highest BCUT2D eigenvalue weighted by molar-refractivity contribution is 9.10. The largest absolute Gasteiger partial charge is 0.398 e. The lowest BCUT2D eigenvalue weighted by Crippen LogP contribution is -2.37. The first kappa shape index (κ1) is 13.3. The lowest BCUT2D eigenvalue weighted by atomic mass is 10.2. The van der Waals surface area contributed by atoms with E-state index in [9.17, 15) is 9.59 Å². The normalized spacial score (nSPS) is 9.71. The van der Waals surface area contributed by atoms with E-state index in [1.807, 2.05) is 0 Å². The maximum atomic E-state index is 11.7. The Balaban J connectivity index is 2.53. The smallest absolute Gasteiger partial charge is 0.312 e. The second-order valence-electron chi connectivity index (χ2n) is 3.26. The molecule has 0 aromatic heterocycles. The summed E-state index contributed by atoms with van der Waals surface area (Å²) in [4.78, 5) is 22.1. The average Bonchev–Trinajstić information content (AvgIpc) is 2.27. The fourth-order valence-corrected chi connectivity index (χ4v) is 1.63. The number of hydrogen-bond acceptors (Lipinski definition) is 3. The van der Waals surface area contributed by atoms with E-state index in [4.69, 9.17) is 11.5 Å². The van der Waals surface area contributed by atoms with Crippen molar-refractivity contribution in [3.8, 4) is 0 Å². The van der Waals surface area contributed by atoms with Crippen molar-refractivity contribution in [1.29, 1.82) is 0 Å². The molecule has 0 heterocycles. The number of anilines is 1. The summed E-state index contributed by atoms with van der Waals surface area (Å²) in [6, 6.07) is 4.41. The fraction of sp³-hybridized carbons (Fsp3) is 0.200. The van der Waals surface area contributed by atoms with E-state index in [-0.39, 0.29) is 12.5 Å². The third kappa shape index (κ3) is 3.95. The van der Waals surface area contributed by atoms with Gasteiger partial charge < -0.3 is 22.1 Å². The van der Waals surface area contributed by atoms with Crippen molar-refractivity contribution in [3.63, 3.8) is 0 Å². The standard InChI is InChI=1S/C10H13BrN4O2/c11-8-6(2-1-3-7(8)12)9(16)14-4-5-15-10(13)17/h1-3H,4-5,12H2,(H,14,16)(H3,13,15,17). The molecule has 0 saturated heterocycles. The van der Waals surface area contributed by atoms with Crippen LogP contribution in [0, 0.1) is 0 Å². The monoisotopic (exact) mass is 300 g/mol. The predicted octanol–water partition coefficient (Wildman–Crippen LogP) is 0.429. The number of halogens is 1. The number of amides is 3. The summed E-state index contributed by atoms with van der Waals surface area (Å²) in [5.41, 5.74) is 11.5. The van der Waals surface area contributed by atoms with Crippen molar-refractivity contribution in [2.45, 2.75) is 0 Å². The van der Waals surface area contributed by atoms with E-state index in [0.717, 1.165) is 0 Å². The summed E-state index contributed by atoms with van der Waals surface area (Å²) in [6.45, 7) is 0.573. The van der Waals surface area contributed by atoms with Crippen LogP contribution in [0.15, 0.2) is 22.7 Å². The highest BCUT2D eigenvalue weighted by Gasteiger charge is 2.10. The lowest BCUT2D eigenvalue weighted by Gasteiger charge is -2.08. The number of primary amides is 1. The maximum absolute atomic E-state index is 11.7. The summed E-state index contributed by atoms with van der Waals surface area (Å²) in [6.07, 6.45) is 0. The summed E-state index contributed by atoms with van der Waals surface area (Å²) in [7, 11) is 0. The van der Waals surface area contributed by atoms with Gasteiger partial charge in [0, 0.05) is 18.8 Å². The molecular formula is C10H13BrN4O2. The summed E-state index contributed by atoms with van der Waals surface area (Å²) < 4.78 is 0.556. The molecule has 0 fully saturated rings. The van der Waals surface area contributed by atoms with Crippen LogP contribution in [0.5, 0.6) is 0 Å². The van der Waals surface area contributed by atoms with Gasteiger partial charge in [0.05, 0.1) is 10.0 Å². The van der Waals surface area contributed by atoms with Gasteiger partial charge in [-0.05, 0) is 28.1 Å².